The van der Waals surface area contributed by atoms with Gasteiger partial charge in [0.2, 0.25) is 5.91 Å². The van der Waals surface area contributed by atoms with Gasteiger partial charge in [-0.1, -0.05) is 42.8 Å². The molecule has 1 aromatic rings. The average molecular weight is 289 g/mol. The number of unbranched alkanes of at least 4 members (excludes halogenated alkanes) is 3. The Balaban J connectivity index is 2.06. The van der Waals surface area contributed by atoms with Gasteiger partial charge in [-0.3, -0.25) is 9.59 Å². The SMILES string of the molecule is C=CCCCCCC(=O)NCC(=O)OCc1ccccc1. The van der Waals surface area contributed by atoms with Crippen molar-refractivity contribution in [3.05, 3.63) is 48.6 Å². The van der Waals surface area contributed by atoms with E-state index in [-0.39, 0.29) is 19.1 Å². The summed E-state index contributed by atoms with van der Waals surface area (Å²) in [6, 6.07) is 9.44. The maximum absolute atomic E-state index is 11.5. The molecule has 0 fully saturated rings. The van der Waals surface area contributed by atoms with Crippen molar-refractivity contribution in [2.45, 2.75) is 38.7 Å². The summed E-state index contributed by atoms with van der Waals surface area (Å²) < 4.78 is 5.07. The summed E-state index contributed by atoms with van der Waals surface area (Å²) in [6.07, 6.45) is 6.19. The molecule has 0 aliphatic rings. The Morgan fingerprint density at radius 1 is 1.14 bits per heavy atom. The van der Waals surface area contributed by atoms with Crippen molar-refractivity contribution in [3.8, 4) is 0 Å². The maximum Gasteiger partial charge on any atom is 0.325 e. The van der Waals surface area contributed by atoms with Gasteiger partial charge in [-0.05, 0) is 24.8 Å². The first kappa shape index (κ1) is 17.0. The number of carbonyl (C=O) groups excluding carboxylic acids is 2. The van der Waals surface area contributed by atoms with Crippen molar-refractivity contribution in [2.75, 3.05) is 6.54 Å². The van der Waals surface area contributed by atoms with E-state index in [1.54, 1.807) is 0 Å². The Morgan fingerprint density at radius 2 is 1.90 bits per heavy atom. The summed E-state index contributed by atoms with van der Waals surface area (Å²) in [5.74, 6) is -0.524. The van der Waals surface area contributed by atoms with Crippen molar-refractivity contribution in [1.82, 2.24) is 5.32 Å². The molecule has 114 valence electrons. The quantitative estimate of drug-likeness (QED) is 0.409. The minimum atomic E-state index is -0.418. The molecule has 21 heavy (non-hydrogen) atoms. The van der Waals surface area contributed by atoms with E-state index >= 15 is 0 Å². The molecule has 4 nitrogen and oxygen atoms in total. The number of allylic oxidation sites excluding steroid dienone is 1. The second kappa shape index (κ2) is 10.7. The lowest BCUT2D eigenvalue weighted by Crippen LogP contribution is -2.30. The van der Waals surface area contributed by atoms with Crippen LogP contribution in [0.1, 0.15) is 37.7 Å². The molecule has 1 amide bonds. The van der Waals surface area contributed by atoms with Crippen LogP contribution in [0, 0.1) is 0 Å². The fourth-order valence-electron chi connectivity index (χ4n) is 1.80. The third-order valence-electron chi connectivity index (χ3n) is 2.98. The highest BCUT2D eigenvalue weighted by atomic mass is 16.5. The van der Waals surface area contributed by atoms with E-state index < -0.39 is 5.97 Å². The molecule has 4 heteroatoms. The Kier molecular flexibility index (Phi) is 8.61. The molecule has 0 bridgehead atoms. The predicted molar refractivity (Wildman–Crippen MR) is 82.5 cm³/mol. The van der Waals surface area contributed by atoms with Gasteiger partial charge in [0.15, 0.2) is 0 Å². The van der Waals surface area contributed by atoms with Crippen molar-refractivity contribution in [1.29, 1.82) is 0 Å². The van der Waals surface area contributed by atoms with Crippen molar-refractivity contribution in [3.63, 3.8) is 0 Å². The highest BCUT2D eigenvalue weighted by Crippen LogP contribution is 2.03. The molecule has 0 radical (unpaired) electrons. The van der Waals surface area contributed by atoms with Gasteiger partial charge in [0.05, 0.1) is 0 Å². The number of nitrogens with one attached hydrogen (secondary N) is 1. The van der Waals surface area contributed by atoms with E-state index in [1.165, 1.54) is 0 Å². The van der Waals surface area contributed by atoms with Gasteiger partial charge in [-0.15, -0.1) is 6.58 Å². The molecule has 0 saturated heterocycles. The van der Waals surface area contributed by atoms with Gasteiger partial charge in [-0.2, -0.15) is 0 Å². The second-order valence-electron chi connectivity index (χ2n) is 4.81. The Labute approximate surface area is 126 Å². The van der Waals surface area contributed by atoms with Crippen LogP contribution < -0.4 is 5.32 Å². The summed E-state index contributed by atoms with van der Waals surface area (Å²) in [7, 11) is 0. The number of ether oxygens (including phenoxy) is 1. The first-order chi connectivity index (χ1) is 10.2. The molecule has 0 saturated carbocycles. The van der Waals surface area contributed by atoms with Gasteiger partial charge in [-0.25, -0.2) is 0 Å². The predicted octanol–water partition coefficient (Wildman–Crippen LogP) is 2.98. The zero-order valence-corrected chi connectivity index (χ0v) is 12.3. The van der Waals surface area contributed by atoms with Gasteiger partial charge in [0, 0.05) is 6.42 Å². The van der Waals surface area contributed by atoms with Crippen LogP contribution in [0.15, 0.2) is 43.0 Å². The summed E-state index contributed by atoms with van der Waals surface area (Å²) in [5.41, 5.74) is 0.930. The first-order valence-corrected chi connectivity index (χ1v) is 7.29. The molecule has 1 N–H and O–H groups in total. The van der Waals surface area contributed by atoms with Crippen molar-refractivity contribution in [2.24, 2.45) is 0 Å². The van der Waals surface area contributed by atoms with Gasteiger partial charge >= 0.3 is 5.97 Å². The molecular formula is C17H23NO3. The van der Waals surface area contributed by atoms with Gasteiger partial charge in [0.1, 0.15) is 13.2 Å². The van der Waals surface area contributed by atoms with Crippen LogP contribution in [0.2, 0.25) is 0 Å². The van der Waals surface area contributed by atoms with Crippen LogP contribution in [0.3, 0.4) is 0 Å². The number of hydrogen-bond donors (Lipinski definition) is 1. The number of hydrogen-bond acceptors (Lipinski definition) is 3. The molecule has 1 aromatic carbocycles. The molecule has 0 aliphatic heterocycles. The topological polar surface area (TPSA) is 55.4 Å². The number of carbonyl (C=O) groups is 2. The van der Waals surface area contributed by atoms with E-state index in [1.807, 2.05) is 36.4 Å². The fourth-order valence-corrected chi connectivity index (χ4v) is 1.80. The zero-order chi connectivity index (χ0) is 15.3. The molecule has 0 atom stereocenters. The molecule has 0 heterocycles. The minimum Gasteiger partial charge on any atom is -0.460 e. The Hall–Kier alpha value is -2.10. The van der Waals surface area contributed by atoms with Crippen LogP contribution in [0.5, 0.6) is 0 Å². The number of esters is 1. The third kappa shape index (κ3) is 8.63. The monoisotopic (exact) mass is 289 g/mol. The van der Waals surface area contributed by atoms with Gasteiger partial charge in [0.25, 0.3) is 0 Å². The van der Waals surface area contributed by atoms with E-state index in [4.69, 9.17) is 4.74 Å². The minimum absolute atomic E-state index is 0.0711. The summed E-state index contributed by atoms with van der Waals surface area (Å²) in [6.45, 7) is 3.81. The highest BCUT2D eigenvalue weighted by molar-refractivity contribution is 5.81. The number of rotatable bonds is 10. The molecule has 0 unspecified atom stereocenters. The lowest BCUT2D eigenvalue weighted by atomic mass is 10.1. The Bertz CT molecular complexity index is 443. The number of benzene rings is 1. The van der Waals surface area contributed by atoms with Crippen molar-refractivity contribution >= 4 is 11.9 Å². The third-order valence-corrected chi connectivity index (χ3v) is 2.98. The fraction of sp³-hybridized carbons (Fsp3) is 0.412. The molecule has 0 aliphatic carbocycles. The van der Waals surface area contributed by atoms with E-state index in [0.29, 0.717) is 6.42 Å². The van der Waals surface area contributed by atoms with E-state index in [0.717, 1.165) is 31.2 Å². The van der Waals surface area contributed by atoms with Crippen LogP contribution in [0.25, 0.3) is 0 Å². The second-order valence-corrected chi connectivity index (χ2v) is 4.81. The molecule has 0 spiro atoms. The normalized spacial score (nSPS) is 9.90. The summed E-state index contributed by atoms with van der Waals surface area (Å²) in [4.78, 5) is 23.0. The lowest BCUT2D eigenvalue weighted by Gasteiger charge is -2.06. The molecule has 1 rings (SSSR count). The van der Waals surface area contributed by atoms with Crippen LogP contribution in [0.4, 0.5) is 0 Å². The smallest absolute Gasteiger partial charge is 0.325 e. The highest BCUT2D eigenvalue weighted by Gasteiger charge is 2.06. The van der Waals surface area contributed by atoms with Gasteiger partial charge < -0.3 is 10.1 Å². The lowest BCUT2D eigenvalue weighted by molar-refractivity contribution is -0.145. The van der Waals surface area contributed by atoms with Crippen molar-refractivity contribution < 1.29 is 14.3 Å². The van der Waals surface area contributed by atoms with Crippen LogP contribution in [-0.4, -0.2) is 18.4 Å². The molecule has 0 aromatic heterocycles. The van der Waals surface area contributed by atoms with E-state index in [9.17, 15) is 9.59 Å². The van der Waals surface area contributed by atoms with Crippen LogP contribution >= 0.6 is 0 Å². The maximum atomic E-state index is 11.5. The summed E-state index contributed by atoms with van der Waals surface area (Å²) in [5, 5.41) is 2.58. The summed E-state index contributed by atoms with van der Waals surface area (Å²) >= 11 is 0. The van der Waals surface area contributed by atoms with E-state index in [2.05, 4.69) is 11.9 Å². The standard InChI is InChI=1S/C17H23NO3/c1-2-3-4-5-9-12-16(19)18-13-17(20)21-14-15-10-7-6-8-11-15/h2,6-8,10-11H,1,3-5,9,12-14H2,(H,18,19). The first-order valence-electron chi connectivity index (χ1n) is 7.29. The zero-order valence-electron chi connectivity index (χ0n) is 12.3. The number of amides is 1. The average Bonchev–Trinajstić information content (AvgIpc) is 2.51. The Morgan fingerprint density at radius 3 is 2.62 bits per heavy atom. The largest absolute Gasteiger partial charge is 0.460 e. The van der Waals surface area contributed by atoms with Crippen LogP contribution in [-0.2, 0) is 20.9 Å². The molecular weight excluding hydrogens is 266 g/mol.